The summed E-state index contributed by atoms with van der Waals surface area (Å²) in [6, 6.07) is 1.53. The van der Waals surface area contributed by atoms with Gasteiger partial charge in [-0.25, -0.2) is 9.97 Å². The molecule has 0 aliphatic rings. The predicted molar refractivity (Wildman–Crippen MR) is 64.2 cm³/mol. The van der Waals surface area contributed by atoms with Crippen LogP contribution >= 0.6 is 0 Å². The number of nitrogens with one attached hydrogen (secondary N) is 2. The second kappa shape index (κ2) is 4.93. The number of aromatic amines is 1. The molecule has 2 heterocycles. The van der Waals surface area contributed by atoms with Crippen molar-refractivity contribution in [2.24, 2.45) is 5.73 Å². The van der Waals surface area contributed by atoms with Gasteiger partial charge in [0.2, 0.25) is 0 Å². The van der Waals surface area contributed by atoms with E-state index in [1.165, 1.54) is 12.3 Å². The monoisotopic (exact) mass is 307 g/mol. The van der Waals surface area contributed by atoms with E-state index < -0.39 is 30.8 Å². The van der Waals surface area contributed by atoms with Crippen LogP contribution in [0.2, 0.25) is 0 Å². The van der Waals surface area contributed by atoms with Gasteiger partial charge < -0.3 is 10.7 Å². The SMILES string of the molecule is N=C(N)c1nc(CCC(F)(F)C(F)(F)F)nc2[nH]ccc12. The number of aromatic nitrogens is 3. The fourth-order valence-electron chi connectivity index (χ4n) is 1.72. The number of amidine groups is 1. The highest BCUT2D eigenvalue weighted by Gasteiger charge is 2.56. The molecular weight excluding hydrogens is 297 g/mol. The molecule has 0 aliphatic carbocycles. The van der Waals surface area contributed by atoms with E-state index >= 15 is 0 Å². The third-order valence-electron chi connectivity index (χ3n) is 2.79. The van der Waals surface area contributed by atoms with E-state index in [4.69, 9.17) is 11.1 Å². The molecule has 0 radical (unpaired) electrons. The number of rotatable bonds is 4. The molecule has 0 spiro atoms. The molecule has 0 saturated carbocycles. The molecule has 114 valence electrons. The first-order valence-electron chi connectivity index (χ1n) is 5.75. The highest BCUT2D eigenvalue weighted by atomic mass is 19.4. The van der Waals surface area contributed by atoms with Crippen molar-refractivity contribution in [1.82, 2.24) is 15.0 Å². The lowest BCUT2D eigenvalue weighted by Gasteiger charge is -2.18. The number of halogens is 5. The van der Waals surface area contributed by atoms with Crippen LogP contribution in [-0.2, 0) is 6.42 Å². The second-order valence-corrected chi connectivity index (χ2v) is 4.34. The van der Waals surface area contributed by atoms with Gasteiger partial charge in [0.25, 0.3) is 0 Å². The molecule has 0 aliphatic heterocycles. The normalized spacial score (nSPS) is 12.8. The number of nitrogens with zero attached hydrogens (tertiary/aromatic N) is 2. The number of fused-ring (bicyclic) bond motifs is 1. The van der Waals surface area contributed by atoms with Gasteiger partial charge in [0.05, 0.1) is 0 Å². The molecule has 0 saturated heterocycles. The molecule has 0 unspecified atom stereocenters. The summed E-state index contributed by atoms with van der Waals surface area (Å²) in [5, 5.41) is 7.75. The van der Waals surface area contributed by atoms with Crippen LogP contribution in [0.25, 0.3) is 11.0 Å². The van der Waals surface area contributed by atoms with E-state index in [1.54, 1.807) is 0 Å². The molecule has 21 heavy (non-hydrogen) atoms. The minimum absolute atomic E-state index is 0.00780. The molecule has 5 nitrogen and oxygen atoms in total. The van der Waals surface area contributed by atoms with E-state index in [1.807, 2.05) is 0 Å². The third-order valence-corrected chi connectivity index (χ3v) is 2.79. The lowest BCUT2D eigenvalue weighted by molar-refractivity contribution is -0.284. The van der Waals surface area contributed by atoms with Crippen molar-refractivity contribution in [3.63, 3.8) is 0 Å². The van der Waals surface area contributed by atoms with Gasteiger partial charge in [-0.05, 0) is 6.07 Å². The van der Waals surface area contributed by atoms with Crippen LogP contribution < -0.4 is 5.73 Å². The zero-order chi connectivity index (χ0) is 15.8. The van der Waals surface area contributed by atoms with Gasteiger partial charge in [-0.1, -0.05) is 0 Å². The van der Waals surface area contributed by atoms with Gasteiger partial charge in [0, 0.05) is 24.4 Å². The number of hydrogen-bond acceptors (Lipinski definition) is 3. The molecule has 0 amide bonds. The second-order valence-electron chi connectivity index (χ2n) is 4.34. The first-order valence-corrected chi connectivity index (χ1v) is 5.75. The van der Waals surface area contributed by atoms with Crippen molar-refractivity contribution in [1.29, 1.82) is 5.41 Å². The van der Waals surface area contributed by atoms with E-state index in [2.05, 4.69) is 15.0 Å². The van der Waals surface area contributed by atoms with Crippen molar-refractivity contribution >= 4 is 16.9 Å². The van der Waals surface area contributed by atoms with Crippen LogP contribution in [-0.4, -0.2) is 32.9 Å². The summed E-state index contributed by atoms with van der Waals surface area (Å²) in [6.45, 7) is 0. The predicted octanol–water partition coefficient (Wildman–Crippen LogP) is 2.37. The summed E-state index contributed by atoms with van der Waals surface area (Å²) in [4.78, 5) is 10.3. The molecular formula is C11H10F5N5. The highest BCUT2D eigenvalue weighted by molar-refractivity contribution is 6.04. The van der Waals surface area contributed by atoms with E-state index in [0.29, 0.717) is 5.39 Å². The number of aryl methyl sites for hydroxylation is 1. The van der Waals surface area contributed by atoms with Gasteiger partial charge in [-0.3, -0.25) is 5.41 Å². The molecule has 10 heteroatoms. The minimum atomic E-state index is -5.62. The summed E-state index contributed by atoms with van der Waals surface area (Å²) in [5.41, 5.74) is 5.53. The molecule has 0 aromatic carbocycles. The summed E-state index contributed by atoms with van der Waals surface area (Å²) in [7, 11) is 0. The van der Waals surface area contributed by atoms with Crippen LogP contribution in [0.1, 0.15) is 17.9 Å². The van der Waals surface area contributed by atoms with E-state index in [0.717, 1.165) is 0 Å². The molecule has 4 N–H and O–H groups in total. The Kier molecular flexibility index (Phi) is 3.56. The number of hydrogen-bond donors (Lipinski definition) is 3. The summed E-state index contributed by atoms with van der Waals surface area (Å²) < 4.78 is 62.0. The van der Waals surface area contributed by atoms with Crippen molar-refractivity contribution in [2.75, 3.05) is 0 Å². The van der Waals surface area contributed by atoms with Crippen molar-refractivity contribution in [3.05, 3.63) is 23.8 Å². The zero-order valence-corrected chi connectivity index (χ0v) is 10.4. The standard InChI is InChI=1S/C11H10F5N5/c12-10(13,11(14,15)16)3-1-6-20-7(8(17)18)5-2-4-19-9(5)21-6/h2,4H,1,3H2,(H3,17,18)(H,19,20,21). The van der Waals surface area contributed by atoms with Gasteiger partial charge >= 0.3 is 12.1 Å². The highest BCUT2D eigenvalue weighted by Crippen LogP contribution is 2.38. The first kappa shape index (κ1) is 15.1. The van der Waals surface area contributed by atoms with E-state index in [-0.39, 0.29) is 17.2 Å². The topological polar surface area (TPSA) is 91.4 Å². The maximum Gasteiger partial charge on any atom is 0.453 e. The Labute approximate surface area is 114 Å². The lowest BCUT2D eigenvalue weighted by atomic mass is 10.1. The Balaban J connectivity index is 2.29. The average molecular weight is 307 g/mol. The van der Waals surface area contributed by atoms with Gasteiger partial charge in [-0.2, -0.15) is 22.0 Å². The Morgan fingerprint density at radius 3 is 2.48 bits per heavy atom. The Morgan fingerprint density at radius 1 is 1.24 bits per heavy atom. The number of nitrogen functional groups attached to an aromatic ring is 1. The van der Waals surface area contributed by atoms with Gasteiger partial charge in [0.15, 0.2) is 0 Å². The average Bonchev–Trinajstić information content (AvgIpc) is 2.81. The third kappa shape index (κ3) is 2.93. The maximum absolute atomic E-state index is 12.9. The van der Waals surface area contributed by atoms with Crippen molar-refractivity contribution < 1.29 is 22.0 Å². The van der Waals surface area contributed by atoms with Crippen molar-refractivity contribution in [2.45, 2.75) is 24.9 Å². The molecule has 2 rings (SSSR count). The summed E-state index contributed by atoms with van der Waals surface area (Å²) in [6.07, 6.45) is -6.31. The lowest BCUT2D eigenvalue weighted by Crippen LogP contribution is -2.36. The maximum atomic E-state index is 12.9. The fraction of sp³-hybridized carbons (Fsp3) is 0.364. The van der Waals surface area contributed by atoms with E-state index in [9.17, 15) is 22.0 Å². The molecule has 0 bridgehead atoms. The molecule has 0 fully saturated rings. The number of alkyl halides is 5. The zero-order valence-electron chi connectivity index (χ0n) is 10.4. The minimum Gasteiger partial charge on any atom is -0.382 e. The Morgan fingerprint density at radius 2 is 1.90 bits per heavy atom. The Hall–Kier alpha value is -2.26. The number of H-pyrrole nitrogens is 1. The number of nitrogens with two attached hydrogens (primary N) is 1. The molecule has 2 aromatic rings. The van der Waals surface area contributed by atoms with Gasteiger partial charge in [0.1, 0.15) is 23.0 Å². The van der Waals surface area contributed by atoms with Crippen LogP contribution in [0, 0.1) is 5.41 Å². The summed E-state index contributed by atoms with van der Waals surface area (Å²) >= 11 is 0. The smallest absolute Gasteiger partial charge is 0.382 e. The molecule has 2 aromatic heterocycles. The van der Waals surface area contributed by atoms with Crippen LogP contribution in [0.5, 0.6) is 0 Å². The summed E-state index contributed by atoms with van der Waals surface area (Å²) in [5.74, 6) is -5.48. The molecule has 0 atom stereocenters. The first-order chi connectivity index (χ1) is 9.62. The largest absolute Gasteiger partial charge is 0.453 e. The van der Waals surface area contributed by atoms with Crippen LogP contribution in [0.3, 0.4) is 0 Å². The van der Waals surface area contributed by atoms with Gasteiger partial charge in [-0.15, -0.1) is 0 Å². The van der Waals surface area contributed by atoms with Crippen LogP contribution in [0.4, 0.5) is 22.0 Å². The Bertz CT molecular complexity index is 675. The van der Waals surface area contributed by atoms with Crippen molar-refractivity contribution in [3.8, 4) is 0 Å². The fourth-order valence-corrected chi connectivity index (χ4v) is 1.72. The quantitative estimate of drug-likeness (QED) is 0.460. The van der Waals surface area contributed by atoms with Crippen LogP contribution in [0.15, 0.2) is 12.3 Å².